The lowest BCUT2D eigenvalue weighted by molar-refractivity contribution is 0.0323. The summed E-state index contributed by atoms with van der Waals surface area (Å²) in [6.45, 7) is -0.408. The second-order valence-electron chi connectivity index (χ2n) is 5.92. The zero-order valence-corrected chi connectivity index (χ0v) is 16.4. The molecule has 1 atom stereocenters. The highest BCUT2D eigenvalue weighted by Crippen LogP contribution is 2.25. The van der Waals surface area contributed by atoms with Crippen molar-refractivity contribution in [1.82, 2.24) is 4.98 Å². The molecule has 0 saturated carbocycles. The summed E-state index contributed by atoms with van der Waals surface area (Å²) in [6, 6.07) is 14.1. The molecule has 9 heteroatoms. The third-order valence-corrected chi connectivity index (χ3v) is 6.55. The van der Waals surface area contributed by atoms with Crippen molar-refractivity contribution in [2.75, 3.05) is 17.5 Å². The second kappa shape index (κ2) is 9.24. The maximum atomic E-state index is 13.6. The zero-order valence-electron chi connectivity index (χ0n) is 14.8. The Morgan fingerprint density at radius 2 is 1.86 bits per heavy atom. The van der Waals surface area contributed by atoms with Crippen LogP contribution in [0.1, 0.15) is 5.56 Å². The average molecular weight is 423 g/mol. The number of benzene rings is 2. The fourth-order valence-corrected chi connectivity index (χ4v) is 4.86. The molecule has 2 aromatic carbocycles. The van der Waals surface area contributed by atoms with Gasteiger partial charge in [-0.05, 0) is 18.2 Å². The van der Waals surface area contributed by atoms with Crippen molar-refractivity contribution in [1.29, 1.82) is 0 Å². The first kappa shape index (κ1) is 20.4. The Hall–Kier alpha value is -2.33. The summed E-state index contributed by atoms with van der Waals surface area (Å²) in [5.41, 5.74) is 0.364. The van der Waals surface area contributed by atoms with Gasteiger partial charge < -0.3 is 9.84 Å². The van der Waals surface area contributed by atoms with E-state index in [0.29, 0.717) is 5.56 Å². The Bertz CT molecular complexity index is 982. The van der Waals surface area contributed by atoms with Gasteiger partial charge in [-0.1, -0.05) is 36.4 Å². The fourth-order valence-electron chi connectivity index (χ4n) is 2.50. The van der Waals surface area contributed by atoms with Crippen molar-refractivity contribution < 1.29 is 22.7 Å². The number of aliphatic hydroxyl groups is 1. The van der Waals surface area contributed by atoms with Crippen LogP contribution in [0.5, 0.6) is 0 Å². The van der Waals surface area contributed by atoms with E-state index in [1.54, 1.807) is 41.8 Å². The molecule has 0 amide bonds. The zero-order chi connectivity index (χ0) is 20.0. The van der Waals surface area contributed by atoms with Crippen LogP contribution in [0.4, 0.5) is 9.52 Å². The van der Waals surface area contributed by atoms with Gasteiger partial charge in [0.2, 0.25) is 0 Å². The predicted molar refractivity (Wildman–Crippen MR) is 105 cm³/mol. The Morgan fingerprint density at radius 1 is 1.14 bits per heavy atom. The minimum Gasteiger partial charge on any atom is -0.389 e. The quantitative estimate of drug-likeness (QED) is 0.573. The number of ether oxygens (including phenoxy) is 1. The third-order valence-electron chi connectivity index (χ3n) is 3.87. The number of thiazole rings is 1. The smallest absolute Gasteiger partial charge is 0.266 e. The molecule has 1 N–H and O–H groups in total. The van der Waals surface area contributed by atoms with Crippen molar-refractivity contribution >= 4 is 26.5 Å². The Kier molecular flexibility index (Phi) is 6.74. The third kappa shape index (κ3) is 4.93. The number of nitrogens with zero attached hydrogens (tertiary/aromatic N) is 2. The first-order valence-corrected chi connectivity index (χ1v) is 10.8. The van der Waals surface area contributed by atoms with Crippen molar-refractivity contribution in [2.45, 2.75) is 17.6 Å². The van der Waals surface area contributed by atoms with Crippen molar-refractivity contribution in [3.05, 3.63) is 77.6 Å². The SMILES string of the molecule is O=S(=O)(c1ccccc1)N(C[C@H](O)COCc1ccccc1F)c1nccs1. The number of halogens is 1. The summed E-state index contributed by atoms with van der Waals surface area (Å²) in [5.74, 6) is -0.395. The number of aliphatic hydroxyl groups excluding tert-OH is 1. The molecule has 3 rings (SSSR count). The van der Waals surface area contributed by atoms with E-state index in [-0.39, 0.29) is 29.8 Å². The standard InChI is InChI=1S/C19H19FN2O4S2/c20-18-9-5-4-6-15(18)13-26-14-16(23)12-22(19-21-10-11-27-19)28(24,25)17-7-2-1-3-8-17/h1-11,16,23H,12-14H2/t16-/m0/s1. The summed E-state index contributed by atoms with van der Waals surface area (Å²) in [7, 11) is -3.90. The molecular formula is C19H19FN2O4S2. The molecule has 0 unspecified atom stereocenters. The lowest BCUT2D eigenvalue weighted by Gasteiger charge is -2.24. The molecule has 148 valence electrons. The van der Waals surface area contributed by atoms with E-state index in [0.717, 1.165) is 15.6 Å². The lowest BCUT2D eigenvalue weighted by Crippen LogP contribution is -2.39. The predicted octanol–water partition coefficient (Wildman–Crippen LogP) is 3.06. The topological polar surface area (TPSA) is 79.7 Å². The van der Waals surface area contributed by atoms with Gasteiger partial charge in [-0.2, -0.15) is 0 Å². The Morgan fingerprint density at radius 3 is 2.54 bits per heavy atom. The molecule has 0 radical (unpaired) electrons. The van der Waals surface area contributed by atoms with Crippen LogP contribution in [0.2, 0.25) is 0 Å². The highest BCUT2D eigenvalue weighted by Gasteiger charge is 2.28. The molecule has 0 aliphatic carbocycles. The van der Waals surface area contributed by atoms with Gasteiger partial charge in [0.1, 0.15) is 5.82 Å². The molecule has 0 aliphatic heterocycles. The van der Waals surface area contributed by atoms with Gasteiger partial charge in [0.05, 0.1) is 30.8 Å². The van der Waals surface area contributed by atoms with Gasteiger partial charge in [0, 0.05) is 17.1 Å². The van der Waals surface area contributed by atoms with Crippen molar-refractivity contribution in [2.24, 2.45) is 0 Å². The molecule has 0 fully saturated rings. The number of sulfonamides is 1. The molecule has 0 spiro atoms. The van der Waals surface area contributed by atoms with Gasteiger partial charge in [-0.3, -0.25) is 0 Å². The van der Waals surface area contributed by atoms with Crippen LogP contribution in [-0.2, 0) is 21.4 Å². The molecule has 0 saturated heterocycles. The van der Waals surface area contributed by atoms with Gasteiger partial charge in [-0.25, -0.2) is 22.1 Å². The molecule has 0 aliphatic rings. The molecule has 1 heterocycles. The van der Waals surface area contributed by atoms with Crippen LogP contribution in [0.3, 0.4) is 0 Å². The molecule has 28 heavy (non-hydrogen) atoms. The van der Waals surface area contributed by atoms with Gasteiger partial charge >= 0.3 is 0 Å². The number of hydrogen-bond acceptors (Lipinski definition) is 6. The number of rotatable bonds is 9. The maximum Gasteiger partial charge on any atom is 0.266 e. The molecule has 0 bridgehead atoms. The van der Waals surface area contributed by atoms with Crippen LogP contribution in [0.15, 0.2) is 71.1 Å². The summed E-state index contributed by atoms with van der Waals surface area (Å²) in [4.78, 5) is 4.17. The van der Waals surface area contributed by atoms with Gasteiger partial charge in [0.25, 0.3) is 10.0 Å². The molecule has 3 aromatic rings. The van der Waals surface area contributed by atoms with E-state index in [2.05, 4.69) is 4.98 Å². The molecule has 1 aromatic heterocycles. The van der Waals surface area contributed by atoms with Crippen LogP contribution in [0.25, 0.3) is 0 Å². The van der Waals surface area contributed by atoms with Crippen LogP contribution in [-0.4, -0.2) is 37.8 Å². The minimum absolute atomic E-state index is 0.0214. The molecule has 6 nitrogen and oxygen atoms in total. The average Bonchev–Trinajstić information content (AvgIpc) is 3.22. The van der Waals surface area contributed by atoms with E-state index >= 15 is 0 Å². The van der Waals surface area contributed by atoms with E-state index in [4.69, 9.17) is 4.74 Å². The van der Waals surface area contributed by atoms with Gasteiger partial charge in [-0.15, -0.1) is 11.3 Å². The largest absolute Gasteiger partial charge is 0.389 e. The second-order valence-corrected chi connectivity index (χ2v) is 8.66. The maximum absolute atomic E-state index is 13.6. The first-order chi connectivity index (χ1) is 13.5. The van der Waals surface area contributed by atoms with Gasteiger partial charge in [0.15, 0.2) is 5.13 Å². The normalized spacial score (nSPS) is 12.6. The highest BCUT2D eigenvalue weighted by molar-refractivity contribution is 7.93. The van der Waals surface area contributed by atoms with E-state index in [9.17, 15) is 17.9 Å². The van der Waals surface area contributed by atoms with Crippen LogP contribution >= 0.6 is 11.3 Å². The number of aromatic nitrogens is 1. The summed E-state index contributed by atoms with van der Waals surface area (Å²) in [5, 5.41) is 12.2. The van der Waals surface area contributed by atoms with Crippen LogP contribution in [0, 0.1) is 5.82 Å². The Balaban J connectivity index is 1.69. The monoisotopic (exact) mass is 422 g/mol. The van der Waals surface area contributed by atoms with Crippen LogP contribution < -0.4 is 4.31 Å². The Labute approximate surface area is 166 Å². The van der Waals surface area contributed by atoms with E-state index in [1.807, 2.05) is 0 Å². The van der Waals surface area contributed by atoms with E-state index < -0.39 is 21.9 Å². The summed E-state index contributed by atoms with van der Waals surface area (Å²) >= 11 is 1.15. The fraction of sp³-hybridized carbons (Fsp3) is 0.211. The minimum atomic E-state index is -3.90. The highest BCUT2D eigenvalue weighted by atomic mass is 32.2. The summed E-state index contributed by atoms with van der Waals surface area (Å²) < 4.78 is 46.0. The van der Waals surface area contributed by atoms with Crippen molar-refractivity contribution in [3.63, 3.8) is 0 Å². The van der Waals surface area contributed by atoms with E-state index in [1.165, 1.54) is 24.4 Å². The number of anilines is 1. The number of hydrogen-bond donors (Lipinski definition) is 1. The summed E-state index contributed by atoms with van der Waals surface area (Å²) in [6.07, 6.45) is 0.378. The first-order valence-electron chi connectivity index (χ1n) is 8.45. The lowest BCUT2D eigenvalue weighted by atomic mass is 10.2. The van der Waals surface area contributed by atoms with Crippen molar-refractivity contribution in [3.8, 4) is 0 Å². The molecular weight excluding hydrogens is 403 g/mol.